The Morgan fingerprint density at radius 3 is 2.45 bits per heavy atom. The highest BCUT2D eigenvalue weighted by Gasteiger charge is 2.32. The first kappa shape index (κ1) is 39.3. The molecule has 0 saturated carbocycles. The van der Waals surface area contributed by atoms with Crippen LogP contribution >= 0.6 is 0 Å². The van der Waals surface area contributed by atoms with Crippen LogP contribution in [0.2, 0.25) is 0 Å². The van der Waals surface area contributed by atoms with Crippen molar-refractivity contribution in [2.24, 2.45) is 5.92 Å². The van der Waals surface area contributed by atoms with Crippen molar-refractivity contribution in [3.63, 3.8) is 0 Å². The van der Waals surface area contributed by atoms with Gasteiger partial charge in [0.1, 0.15) is 48.1 Å². The molecular formula is C40H56N8O5. The minimum absolute atomic E-state index is 0.0153. The van der Waals surface area contributed by atoms with E-state index >= 15 is 0 Å². The molecule has 286 valence electrons. The van der Waals surface area contributed by atoms with Crippen LogP contribution in [-0.2, 0) is 38.5 Å². The predicted molar refractivity (Wildman–Crippen MR) is 206 cm³/mol. The number of carbonyl (C=O) groups excluding carboxylic acids is 3. The Bertz CT molecular complexity index is 1690. The molecule has 2 aliphatic rings. The predicted octanol–water partition coefficient (Wildman–Crippen LogP) is 5.76. The number of ether oxygens (including phenoxy) is 2. The van der Waals surface area contributed by atoms with Gasteiger partial charge in [-0.1, -0.05) is 57.2 Å². The van der Waals surface area contributed by atoms with Crippen molar-refractivity contribution >= 4 is 35.4 Å². The van der Waals surface area contributed by atoms with E-state index in [1.54, 1.807) is 20.8 Å². The lowest BCUT2D eigenvalue weighted by atomic mass is 9.92. The van der Waals surface area contributed by atoms with E-state index in [4.69, 9.17) is 19.4 Å². The van der Waals surface area contributed by atoms with Gasteiger partial charge in [-0.05, 0) is 82.4 Å². The van der Waals surface area contributed by atoms with Crippen LogP contribution in [0.15, 0.2) is 48.8 Å². The molecule has 3 aromatic rings. The average molecular weight is 729 g/mol. The van der Waals surface area contributed by atoms with E-state index in [-0.39, 0.29) is 19.1 Å². The van der Waals surface area contributed by atoms with E-state index in [9.17, 15) is 14.4 Å². The maximum atomic E-state index is 13.9. The van der Waals surface area contributed by atoms with Crippen LogP contribution in [0.25, 0.3) is 0 Å². The number of piperidine rings is 1. The summed E-state index contributed by atoms with van der Waals surface area (Å²) >= 11 is 0. The second-order valence-electron chi connectivity index (χ2n) is 15.3. The number of aromatic nitrogens is 3. The topological polar surface area (TPSA) is 160 Å². The minimum Gasteiger partial charge on any atom is -0.458 e. The van der Waals surface area contributed by atoms with E-state index in [2.05, 4.69) is 43.3 Å². The SMILES string of the molecule is CCc1c(NC[C@H](NC(=O)OCc2ccccc2)C(=O)N[C@@H](CC(C)C)C(=O)OC(C)(C)C)ncnc1N1CCC(c2ccc3c(n2)NCCC3)CC1. The zero-order chi connectivity index (χ0) is 38.0. The third-order valence-electron chi connectivity index (χ3n) is 9.41. The quantitative estimate of drug-likeness (QED) is 0.150. The summed E-state index contributed by atoms with van der Waals surface area (Å²) in [7, 11) is 0. The molecule has 2 aliphatic heterocycles. The molecule has 2 amide bonds. The lowest BCUT2D eigenvalue weighted by Crippen LogP contribution is -2.55. The number of nitrogens with one attached hydrogen (secondary N) is 4. The molecule has 4 N–H and O–H groups in total. The number of benzene rings is 1. The first-order chi connectivity index (χ1) is 25.4. The molecule has 4 heterocycles. The maximum Gasteiger partial charge on any atom is 0.408 e. The van der Waals surface area contributed by atoms with E-state index < -0.39 is 35.7 Å². The number of esters is 1. The molecule has 13 nitrogen and oxygen atoms in total. The Morgan fingerprint density at radius 1 is 1.00 bits per heavy atom. The van der Waals surface area contributed by atoms with Gasteiger partial charge in [-0.15, -0.1) is 0 Å². The molecule has 5 rings (SSSR count). The van der Waals surface area contributed by atoms with Crippen molar-refractivity contribution in [1.29, 1.82) is 0 Å². The normalized spacial score (nSPS) is 15.8. The van der Waals surface area contributed by atoms with Crippen LogP contribution in [0.3, 0.4) is 0 Å². The average Bonchev–Trinajstić information content (AvgIpc) is 3.14. The molecular weight excluding hydrogens is 672 g/mol. The van der Waals surface area contributed by atoms with Crippen molar-refractivity contribution in [3.05, 3.63) is 71.2 Å². The summed E-state index contributed by atoms with van der Waals surface area (Å²) in [5, 5.41) is 12.3. The number of amides is 2. The number of aryl methyl sites for hydroxylation is 1. The summed E-state index contributed by atoms with van der Waals surface area (Å²) in [6, 6.07) is 11.7. The summed E-state index contributed by atoms with van der Waals surface area (Å²) in [5.41, 5.74) is 3.43. The van der Waals surface area contributed by atoms with Gasteiger partial charge in [-0.2, -0.15) is 0 Å². The fraction of sp³-hybridized carbons (Fsp3) is 0.550. The molecule has 0 spiro atoms. The first-order valence-corrected chi connectivity index (χ1v) is 19.0. The summed E-state index contributed by atoms with van der Waals surface area (Å²) in [5.74, 6) is 1.84. The van der Waals surface area contributed by atoms with Gasteiger partial charge in [-0.25, -0.2) is 24.5 Å². The van der Waals surface area contributed by atoms with Gasteiger partial charge in [0.15, 0.2) is 0 Å². The minimum atomic E-state index is -1.10. The lowest BCUT2D eigenvalue weighted by Gasteiger charge is -2.34. The third kappa shape index (κ3) is 11.3. The third-order valence-corrected chi connectivity index (χ3v) is 9.41. The van der Waals surface area contributed by atoms with Gasteiger partial charge in [0, 0.05) is 43.4 Å². The van der Waals surface area contributed by atoms with Gasteiger partial charge in [0.2, 0.25) is 5.91 Å². The Kier molecular flexibility index (Phi) is 13.5. The number of alkyl carbamates (subject to hydrolysis) is 1. The Labute approximate surface area is 313 Å². The van der Waals surface area contributed by atoms with Gasteiger partial charge in [0.05, 0.1) is 0 Å². The molecule has 1 saturated heterocycles. The standard InChI is InChI=1S/C40H56N8O5/c1-7-30-35(43-25-44-36(30)48-20-17-28(18-21-48)31-16-15-29-14-11-19-41-34(29)45-31)42-23-33(47-39(51)52-24-27-12-9-8-10-13-27)37(49)46-32(22-26(2)3)38(50)53-40(4,5)6/h8-10,12-13,15-16,25-26,28,32-33H,7,11,14,17-24H2,1-6H3,(H,41,45)(H,46,49)(H,47,51)(H,42,43,44)/t32-,33-/m0/s1. The maximum absolute atomic E-state index is 13.9. The van der Waals surface area contributed by atoms with Crippen molar-refractivity contribution in [1.82, 2.24) is 25.6 Å². The molecule has 13 heteroatoms. The second-order valence-corrected chi connectivity index (χ2v) is 15.3. The van der Waals surface area contributed by atoms with Crippen molar-refractivity contribution < 1.29 is 23.9 Å². The number of carbonyl (C=O) groups is 3. The van der Waals surface area contributed by atoms with Crippen LogP contribution in [0.5, 0.6) is 0 Å². The number of hydrogen-bond acceptors (Lipinski definition) is 11. The number of anilines is 3. The molecule has 0 unspecified atom stereocenters. The zero-order valence-electron chi connectivity index (χ0n) is 32.0. The van der Waals surface area contributed by atoms with E-state index in [1.807, 2.05) is 51.1 Å². The molecule has 1 fully saturated rings. The van der Waals surface area contributed by atoms with Crippen LogP contribution in [0.4, 0.5) is 22.2 Å². The number of nitrogens with zero attached hydrogens (tertiary/aromatic N) is 4. The highest BCUT2D eigenvalue weighted by atomic mass is 16.6. The van der Waals surface area contributed by atoms with E-state index in [0.29, 0.717) is 24.6 Å². The highest BCUT2D eigenvalue weighted by Crippen LogP contribution is 2.33. The van der Waals surface area contributed by atoms with Crippen LogP contribution in [-0.4, -0.2) is 76.8 Å². The molecule has 53 heavy (non-hydrogen) atoms. The molecule has 2 atom stereocenters. The molecule has 0 aliphatic carbocycles. The summed E-state index contributed by atoms with van der Waals surface area (Å²) < 4.78 is 11.1. The molecule has 2 aromatic heterocycles. The smallest absolute Gasteiger partial charge is 0.408 e. The Balaban J connectivity index is 1.28. The number of rotatable bonds is 14. The van der Waals surface area contributed by atoms with Crippen LogP contribution in [0.1, 0.15) is 95.5 Å². The highest BCUT2D eigenvalue weighted by molar-refractivity contribution is 5.90. The van der Waals surface area contributed by atoms with Gasteiger partial charge in [0.25, 0.3) is 0 Å². The fourth-order valence-corrected chi connectivity index (χ4v) is 6.76. The summed E-state index contributed by atoms with van der Waals surface area (Å²) in [6.45, 7) is 14.0. The van der Waals surface area contributed by atoms with Gasteiger partial charge in [-0.3, -0.25) is 4.79 Å². The monoisotopic (exact) mass is 728 g/mol. The molecule has 0 bridgehead atoms. The molecule has 0 radical (unpaired) electrons. The number of hydrogen-bond donors (Lipinski definition) is 4. The fourth-order valence-electron chi connectivity index (χ4n) is 6.76. The zero-order valence-corrected chi connectivity index (χ0v) is 32.0. The van der Waals surface area contributed by atoms with Crippen LogP contribution in [0, 0.1) is 5.92 Å². The Hall–Kier alpha value is -4.94. The summed E-state index contributed by atoms with van der Waals surface area (Å²) in [4.78, 5) is 56.6. The largest absolute Gasteiger partial charge is 0.458 e. The summed E-state index contributed by atoms with van der Waals surface area (Å²) in [6.07, 6.45) is 5.89. The lowest BCUT2D eigenvalue weighted by molar-refractivity contribution is -0.159. The van der Waals surface area contributed by atoms with Crippen molar-refractivity contribution in [2.45, 2.75) is 110 Å². The van der Waals surface area contributed by atoms with E-state index in [0.717, 1.165) is 73.8 Å². The second kappa shape index (κ2) is 18.2. The van der Waals surface area contributed by atoms with Crippen LogP contribution < -0.4 is 26.2 Å². The van der Waals surface area contributed by atoms with Gasteiger partial charge >= 0.3 is 12.1 Å². The first-order valence-electron chi connectivity index (χ1n) is 19.0. The van der Waals surface area contributed by atoms with Crippen molar-refractivity contribution in [2.75, 3.05) is 41.7 Å². The van der Waals surface area contributed by atoms with Crippen molar-refractivity contribution in [3.8, 4) is 0 Å². The molecule has 1 aromatic carbocycles. The number of pyridine rings is 1. The number of fused-ring (bicyclic) bond motifs is 1. The van der Waals surface area contributed by atoms with E-state index in [1.165, 1.54) is 11.9 Å². The Morgan fingerprint density at radius 2 is 1.75 bits per heavy atom. The van der Waals surface area contributed by atoms with Gasteiger partial charge < -0.3 is 35.6 Å².